The lowest BCUT2D eigenvalue weighted by Gasteiger charge is -1.96. The zero-order valence-electron chi connectivity index (χ0n) is 4.49. The summed E-state index contributed by atoms with van der Waals surface area (Å²) >= 11 is 0. The third kappa shape index (κ3) is 0.562. The van der Waals surface area contributed by atoms with E-state index in [0.717, 1.165) is 0 Å². The first kappa shape index (κ1) is 4.17. The molecule has 1 rings (SSSR count). The quantitative estimate of drug-likeness (QED) is 0.455. The van der Waals surface area contributed by atoms with Crippen LogP contribution < -0.4 is 0 Å². The van der Waals surface area contributed by atoms with Gasteiger partial charge in [-0.25, -0.2) is 0 Å². The summed E-state index contributed by atoms with van der Waals surface area (Å²) in [4.78, 5) is 0. The standard InChI is InChI=1S/C6H11/c1-3-6(2)4-5-6/h3H,4-5H2,1-2H3. The molecule has 0 saturated heterocycles. The van der Waals surface area contributed by atoms with Crippen molar-refractivity contribution in [2.24, 2.45) is 5.41 Å². The number of hydrogen-bond acceptors (Lipinski definition) is 0. The van der Waals surface area contributed by atoms with Crippen LogP contribution in [-0.2, 0) is 0 Å². The van der Waals surface area contributed by atoms with Crippen LogP contribution in [0.5, 0.6) is 0 Å². The number of rotatable bonds is 1. The highest BCUT2D eigenvalue weighted by atomic mass is 14.4. The van der Waals surface area contributed by atoms with Gasteiger partial charge in [-0.1, -0.05) is 13.8 Å². The summed E-state index contributed by atoms with van der Waals surface area (Å²) in [6.45, 7) is 4.44. The van der Waals surface area contributed by atoms with E-state index in [4.69, 9.17) is 0 Å². The second-order valence-electron chi connectivity index (χ2n) is 2.44. The molecule has 1 aliphatic carbocycles. The highest BCUT2D eigenvalue weighted by Crippen LogP contribution is 2.46. The Bertz CT molecular complexity index is 51.1. The van der Waals surface area contributed by atoms with Crippen molar-refractivity contribution < 1.29 is 0 Å². The van der Waals surface area contributed by atoms with Crippen molar-refractivity contribution in [2.45, 2.75) is 26.7 Å². The van der Waals surface area contributed by atoms with Gasteiger partial charge in [-0.05, 0) is 24.7 Å². The van der Waals surface area contributed by atoms with Crippen molar-refractivity contribution in [3.63, 3.8) is 0 Å². The molecule has 0 aromatic heterocycles. The third-order valence-electron chi connectivity index (χ3n) is 1.74. The lowest BCUT2D eigenvalue weighted by atomic mass is 10.1. The fraction of sp³-hybridized carbons (Fsp3) is 0.833. The molecule has 0 atom stereocenters. The summed E-state index contributed by atoms with van der Waals surface area (Å²) in [6, 6.07) is 0. The average molecular weight is 83.2 g/mol. The second-order valence-corrected chi connectivity index (χ2v) is 2.44. The van der Waals surface area contributed by atoms with Crippen molar-refractivity contribution in [2.75, 3.05) is 0 Å². The maximum atomic E-state index is 2.30. The van der Waals surface area contributed by atoms with Gasteiger partial charge in [0.05, 0.1) is 0 Å². The molecule has 0 amide bonds. The third-order valence-corrected chi connectivity index (χ3v) is 1.74. The molecule has 0 aromatic carbocycles. The zero-order valence-corrected chi connectivity index (χ0v) is 4.49. The Balaban J connectivity index is 2.28. The molecule has 0 nitrogen and oxygen atoms in total. The van der Waals surface area contributed by atoms with Crippen LogP contribution >= 0.6 is 0 Å². The summed E-state index contributed by atoms with van der Waals surface area (Å²) in [5.41, 5.74) is 0.667. The predicted octanol–water partition coefficient (Wildman–Crippen LogP) is 2.01. The van der Waals surface area contributed by atoms with Crippen LogP contribution in [0.3, 0.4) is 0 Å². The van der Waals surface area contributed by atoms with Crippen LogP contribution in [0.2, 0.25) is 0 Å². The molecule has 1 aliphatic rings. The Morgan fingerprint density at radius 1 is 1.50 bits per heavy atom. The van der Waals surface area contributed by atoms with E-state index in [2.05, 4.69) is 20.3 Å². The van der Waals surface area contributed by atoms with Gasteiger partial charge in [0.15, 0.2) is 0 Å². The minimum absolute atomic E-state index is 0.667. The van der Waals surface area contributed by atoms with Crippen LogP contribution in [0.25, 0.3) is 0 Å². The van der Waals surface area contributed by atoms with E-state index in [1.165, 1.54) is 12.8 Å². The first-order chi connectivity index (χ1) is 2.77. The molecular weight excluding hydrogens is 72.1 g/mol. The maximum Gasteiger partial charge on any atom is -0.0297 e. The van der Waals surface area contributed by atoms with Crippen molar-refractivity contribution in [1.82, 2.24) is 0 Å². The Hall–Kier alpha value is 0. The summed E-state index contributed by atoms with van der Waals surface area (Å²) in [6.07, 6.45) is 5.14. The molecule has 6 heavy (non-hydrogen) atoms. The zero-order chi connectivity index (χ0) is 4.62. The molecule has 0 heteroatoms. The molecule has 1 saturated carbocycles. The lowest BCUT2D eigenvalue weighted by molar-refractivity contribution is 0.681. The first-order valence-corrected chi connectivity index (χ1v) is 2.57. The van der Waals surface area contributed by atoms with Gasteiger partial charge in [0.1, 0.15) is 0 Å². The summed E-state index contributed by atoms with van der Waals surface area (Å²) in [5.74, 6) is 0. The highest BCUT2D eigenvalue weighted by Gasteiger charge is 2.34. The highest BCUT2D eigenvalue weighted by molar-refractivity contribution is 4.97. The van der Waals surface area contributed by atoms with E-state index in [1.54, 1.807) is 0 Å². The first-order valence-electron chi connectivity index (χ1n) is 2.57. The molecule has 35 valence electrons. The van der Waals surface area contributed by atoms with E-state index >= 15 is 0 Å². The van der Waals surface area contributed by atoms with Gasteiger partial charge < -0.3 is 0 Å². The minimum atomic E-state index is 0.667. The molecule has 0 bridgehead atoms. The van der Waals surface area contributed by atoms with Crippen molar-refractivity contribution in [1.29, 1.82) is 0 Å². The van der Waals surface area contributed by atoms with E-state index < -0.39 is 0 Å². The fourth-order valence-electron chi connectivity index (χ4n) is 0.486. The molecular formula is C6H11. The van der Waals surface area contributed by atoms with Gasteiger partial charge in [0.25, 0.3) is 0 Å². The molecule has 0 N–H and O–H groups in total. The lowest BCUT2D eigenvalue weighted by Crippen LogP contribution is -1.86. The summed E-state index contributed by atoms with van der Waals surface area (Å²) < 4.78 is 0. The molecule has 0 spiro atoms. The van der Waals surface area contributed by atoms with E-state index in [1.807, 2.05) is 0 Å². The number of hydrogen-bond donors (Lipinski definition) is 0. The molecule has 0 aliphatic heterocycles. The Morgan fingerprint density at radius 3 is 2.00 bits per heavy atom. The van der Waals surface area contributed by atoms with Crippen molar-refractivity contribution in [3.05, 3.63) is 6.42 Å². The van der Waals surface area contributed by atoms with E-state index in [-0.39, 0.29) is 0 Å². The second kappa shape index (κ2) is 0.988. The summed E-state index contributed by atoms with van der Waals surface area (Å²) in [7, 11) is 0. The fourth-order valence-corrected chi connectivity index (χ4v) is 0.486. The molecule has 0 unspecified atom stereocenters. The normalized spacial score (nSPS) is 27.0. The Labute approximate surface area is 39.6 Å². The van der Waals surface area contributed by atoms with Crippen molar-refractivity contribution >= 4 is 0 Å². The monoisotopic (exact) mass is 83.1 g/mol. The molecule has 1 radical (unpaired) electrons. The van der Waals surface area contributed by atoms with Gasteiger partial charge in [-0.3, -0.25) is 0 Å². The Morgan fingerprint density at radius 2 is 2.00 bits per heavy atom. The average Bonchev–Trinajstić information content (AvgIpc) is 2.22. The van der Waals surface area contributed by atoms with E-state index in [9.17, 15) is 0 Å². The maximum absolute atomic E-state index is 2.30. The van der Waals surface area contributed by atoms with Crippen LogP contribution in [0.4, 0.5) is 0 Å². The smallest absolute Gasteiger partial charge is 0.0297 e. The van der Waals surface area contributed by atoms with Crippen LogP contribution in [0.15, 0.2) is 0 Å². The molecule has 1 fully saturated rings. The van der Waals surface area contributed by atoms with Crippen LogP contribution in [0.1, 0.15) is 26.7 Å². The SMILES string of the molecule is C[CH]C1(C)CC1. The minimum Gasteiger partial charge on any atom is -0.0617 e. The van der Waals surface area contributed by atoms with Gasteiger partial charge >= 0.3 is 0 Å². The van der Waals surface area contributed by atoms with Gasteiger partial charge in [-0.15, -0.1) is 0 Å². The van der Waals surface area contributed by atoms with Crippen LogP contribution in [-0.4, -0.2) is 0 Å². The largest absolute Gasteiger partial charge is 0.0617 e. The molecule has 0 heterocycles. The Kier molecular flexibility index (Phi) is 0.686. The summed E-state index contributed by atoms with van der Waals surface area (Å²) in [5, 5.41) is 0. The van der Waals surface area contributed by atoms with Crippen LogP contribution in [0, 0.1) is 11.8 Å². The van der Waals surface area contributed by atoms with Gasteiger partial charge in [0.2, 0.25) is 0 Å². The topological polar surface area (TPSA) is 0 Å². The predicted molar refractivity (Wildman–Crippen MR) is 27.3 cm³/mol. The van der Waals surface area contributed by atoms with Crippen molar-refractivity contribution in [3.8, 4) is 0 Å². The van der Waals surface area contributed by atoms with E-state index in [0.29, 0.717) is 5.41 Å². The molecule has 0 aromatic rings. The van der Waals surface area contributed by atoms with Gasteiger partial charge in [0, 0.05) is 0 Å². The van der Waals surface area contributed by atoms with Gasteiger partial charge in [-0.2, -0.15) is 0 Å².